The van der Waals surface area contributed by atoms with Crippen LogP contribution in [-0.2, 0) is 16.2 Å². The quantitative estimate of drug-likeness (QED) is 0.338. The Morgan fingerprint density at radius 3 is 2.38 bits per heavy atom. The fourth-order valence-electron chi connectivity index (χ4n) is 3.12. The molecule has 2 amide bonds. The molecule has 0 aromatic heterocycles. The first kappa shape index (κ1) is 24.5. The van der Waals surface area contributed by atoms with Crippen LogP contribution in [0.2, 0.25) is 0 Å². The van der Waals surface area contributed by atoms with Crippen LogP contribution in [0.15, 0.2) is 71.8 Å². The first-order chi connectivity index (χ1) is 16.4. The monoisotopic (exact) mass is 459 g/mol. The van der Waals surface area contributed by atoms with Gasteiger partial charge < -0.3 is 14.8 Å². The molecule has 34 heavy (non-hydrogen) atoms. The standard InChI is InChI=1S/C27H29N3O4/c1-19-8-10-21(11-9-19)18-34-24-13-12-22(16-25(24)33-3)17-28-30-27(32)15-14-26(31)29-23-7-5-4-6-20(23)2/h4-13,16-17H,14-15,18H2,1-3H3,(H,29,31)(H,30,32). The van der Waals surface area contributed by atoms with Gasteiger partial charge in [-0.25, -0.2) is 5.43 Å². The Balaban J connectivity index is 1.46. The summed E-state index contributed by atoms with van der Waals surface area (Å²) in [5, 5.41) is 6.78. The first-order valence-corrected chi connectivity index (χ1v) is 11.0. The number of aryl methyl sites for hydroxylation is 2. The van der Waals surface area contributed by atoms with Crippen LogP contribution in [0.4, 0.5) is 5.69 Å². The number of hydrogen-bond donors (Lipinski definition) is 2. The van der Waals surface area contributed by atoms with E-state index in [1.165, 1.54) is 11.8 Å². The van der Waals surface area contributed by atoms with E-state index in [2.05, 4.69) is 15.8 Å². The number of benzene rings is 3. The zero-order valence-electron chi connectivity index (χ0n) is 19.6. The molecule has 0 atom stereocenters. The van der Waals surface area contributed by atoms with Gasteiger partial charge in [-0.2, -0.15) is 5.10 Å². The molecule has 0 unspecified atom stereocenters. The highest BCUT2D eigenvalue weighted by molar-refractivity contribution is 5.94. The number of methoxy groups -OCH3 is 1. The summed E-state index contributed by atoms with van der Waals surface area (Å²) < 4.78 is 11.3. The lowest BCUT2D eigenvalue weighted by Gasteiger charge is -2.11. The normalized spacial score (nSPS) is 10.7. The second-order valence-electron chi connectivity index (χ2n) is 7.84. The topological polar surface area (TPSA) is 89.0 Å². The summed E-state index contributed by atoms with van der Waals surface area (Å²) in [7, 11) is 1.57. The highest BCUT2D eigenvalue weighted by Crippen LogP contribution is 2.28. The number of anilines is 1. The molecule has 7 heteroatoms. The van der Waals surface area contributed by atoms with Crippen LogP contribution < -0.4 is 20.2 Å². The SMILES string of the molecule is COc1cc(C=NNC(=O)CCC(=O)Nc2ccccc2C)ccc1OCc1ccc(C)cc1. The summed E-state index contributed by atoms with van der Waals surface area (Å²) in [5.41, 5.74) is 7.14. The van der Waals surface area contributed by atoms with Crippen LogP contribution in [-0.4, -0.2) is 25.1 Å². The maximum absolute atomic E-state index is 12.1. The minimum atomic E-state index is -0.346. The Bertz CT molecular complexity index is 1160. The van der Waals surface area contributed by atoms with Crippen molar-refractivity contribution in [2.75, 3.05) is 12.4 Å². The van der Waals surface area contributed by atoms with Gasteiger partial charge in [-0.1, -0.05) is 48.0 Å². The highest BCUT2D eigenvalue weighted by atomic mass is 16.5. The predicted octanol–water partition coefficient (Wildman–Crippen LogP) is 4.76. The molecule has 0 saturated heterocycles. The largest absolute Gasteiger partial charge is 0.493 e. The molecular formula is C27H29N3O4. The van der Waals surface area contributed by atoms with Gasteiger partial charge in [0, 0.05) is 18.5 Å². The van der Waals surface area contributed by atoms with Crippen molar-refractivity contribution in [2.24, 2.45) is 5.10 Å². The molecule has 3 aromatic rings. The summed E-state index contributed by atoms with van der Waals surface area (Å²) in [6, 6.07) is 21.0. The van der Waals surface area contributed by atoms with Gasteiger partial charge >= 0.3 is 0 Å². The Labute approximate surface area is 199 Å². The van der Waals surface area contributed by atoms with E-state index in [1.54, 1.807) is 19.2 Å². The lowest BCUT2D eigenvalue weighted by Crippen LogP contribution is -2.20. The highest BCUT2D eigenvalue weighted by Gasteiger charge is 2.09. The summed E-state index contributed by atoms with van der Waals surface area (Å²) >= 11 is 0. The number of rotatable bonds is 10. The third kappa shape index (κ3) is 7.48. The first-order valence-electron chi connectivity index (χ1n) is 11.0. The minimum absolute atomic E-state index is 0.0319. The number of carbonyl (C=O) groups excluding carboxylic acids is 2. The molecule has 0 saturated carbocycles. The summed E-state index contributed by atoms with van der Waals surface area (Å²) in [6.07, 6.45) is 1.61. The molecule has 2 N–H and O–H groups in total. The molecule has 3 aromatic carbocycles. The number of amides is 2. The zero-order valence-corrected chi connectivity index (χ0v) is 19.6. The van der Waals surface area contributed by atoms with Gasteiger partial charge in [-0.15, -0.1) is 0 Å². The third-order valence-electron chi connectivity index (χ3n) is 5.10. The molecule has 0 radical (unpaired) electrons. The van der Waals surface area contributed by atoms with E-state index in [0.717, 1.165) is 22.4 Å². The number of nitrogens with zero attached hydrogens (tertiary/aromatic N) is 1. The summed E-state index contributed by atoms with van der Waals surface area (Å²) in [6.45, 7) is 4.38. The maximum Gasteiger partial charge on any atom is 0.240 e. The molecule has 3 rings (SSSR count). The molecular weight excluding hydrogens is 430 g/mol. The number of hydrogen-bond acceptors (Lipinski definition) is 5. The van der Waals surface area contributed by atoms with Crippen LogP contribution in [0.25, 0.3) is 0 Å². The van der Waals surface area contributed by atoms with Crippen molar-refractivity contribution in [1.82, 2.24) is 5.43 Å². The van der Waals surface area contributed by atoms with Gasteiger partial charge in [0.1, 0.15) is 6.61 Å². The summed E-state index contributed by atoms with van der Waals surface area (Å²) in [5.74, 6) is 0.611. The van der Waals surface area contributed by atoms with Crippen molar-refractivity contribution < 1.29 is 19.1 Å². The van der Waals surface area contributed by atoms with Gasteiger partial charge in [0.15, 0.2) is 11.5 Å². The fraction of sp³-hybridized carbons (Fsp3) is 0.222. The second-order valence-corrected chi connectivity index (χ2v) is 7.84. The van der Waals surface area contributed by atoms with E-state index < -0.39 is 0 Å². The molecule has 0 aliphatic heterocycles. The van der Waals surface area contributed by atoms with Gasteiger partial charge in [-0.05, 0) is 54.8 Å². The minimum Gasteiger partial charge on any atom is -0.493 e. The van der Waals surface area contributed by atoms with Crippen molar-refractivity contribution in [1.29, 1.82) is 0 Å². The van der Waals surface area contributed by atoms with Gasteiger partial charge in [0.25, 0.3) is 0 Å². The van der Waals surface area contributed by atoms with E-state index in [9.17, 15) is 9.59 Å². The smallest absolute Gasteiger partial charge is 0.240 e. The summed E-state index contributed by atoms with van der Waals surface area (Å²) in [4.78, 5) is 24.1. The molecule has 0 fully saturated rings. The van der Waals surface area contributed by atoms with E-state index in [4.69, 9.17) is 9.47 Å². The zero-order chi connectivity index (χ0) is 24.3. The average Bonchev–Trinajstić information content (AvgIpc) is 2.84. The van der Waals surface area contributed by atoms with E-state index in [1.807, 2.05) is 68.4 Å². The Morgan fingerprint density at radius 1 is 0.912 bits per heavy atom. The van der Waals surface area contributed by atoms with Gasteiger partial charge in [-0.3, -0.25) is 9.59 Å². The second kappa shape index (κ2) is 12.2. The Hall–Kier alpha value is -4.13. The van der Waals surface area contributed by atoms with E-state index in [-0.39, 0.29) is 24.7 Å². The maximum atomic E-state index is 12.1. The Morgan fingerprint density at radius 2 is 1.65 bits per heavy atom. The van der Waals surface area contributed by atoms with Crippen LogP contribution in [0, 0.1) is 13.8 Å². The van der Waals surface area contributed by atoms with E-state index in [0.29, 0.717) is 18.1 Å². The van der Waals surface area contributed by atoms with Crippen molar-refractivity contribution in [3.8, 4) is 11.5 Å². The van der Waals surface area contributed by atoms with Crippen molar-refractivity contribution >= 4 is 23.7 Å². The number of para-hydroxylation sites is 1. The van der Waals surface area contributed by atoms with Gasteiger partial charge in [0.2, 0.25) is 11.8 Å². The van der Waals surface area contributed by atoms with Crippen LogP contribution in [0.3, 0.4) is 0 Å². The molecule has 7 nitrogen and oxygen atoms in total. The molecule has 0 aliphatic carbocycles. The lowest BCUT2D eigenvalue weighted by atomic mass is 10.2. The number of nitrogens with one attached hydrogen (secondary N) is 2. The number of carbonyl (C=O) groups is 2. The Kier molecular flexibility index (Phi) is 8.80. The fourth-order valence-corrected chi connectivity index (χ4v) is 3.12. The molecule has 0 aliphatic rings. The number of ether oxygens (including phenoxy) is 2. The molecule has 0 heterocycles. The van der Waals surface area contributed by atoms with Crippen LogP contribution in [0.1, 0.15) is 35.1 Å². The predicted molar refractivity (Wildman–Crippen MR) is 133 cm³/mol. The van der Waals surface area contributed by atoms with Crippen molar-refractivity contribution in [2.45, 2.75) is 33.3 Å². The van der Waals surface area contributed by atoms with E-state index >= 15 is 0 Å². The van der Waals surface area contributed by atoms with Crippen molar-refractivity contribution in [3.05, 3.63) is 89.0 Å². The van der Waals surface area contributed by atoms with Crippen LogP contribution >= 0.6 is 0 Å². The molecule has 176 valence electrons. The molecule has 0 bridgehead atoms. The number of hydrazone groups is 1. The lowest BCUT2D eigenvalue weighted by molar-refractivity contribution is -0.124. The van der Waals surface area contributed by atoms with Gasteiger partial charge in [0.05, 0.1) is 13.3 Å². The molecule has 0 spiro atoms. The van der Waals surface area contributed by atoms with Crippen LogP contribution in [0.5, 0.6) is 11.5 Å². The van der Waals surface area contributed by atoms with Crippen molar-refractivity contribution in [3.63, 3.8) is 0 Å². The average molecular weight is 460 g/mol. The third-order valence-corrected chi connectivity index (χ3v) is 5.10.